The first-order valence-electron chi connectivity index (χ1n) is 10.5. The third-order valence-corrected chi connectivity index (χ3v) is 6.40. The quantitative estimate of drug-likeness (QED) is 0.779. The van der Waals surface area contributed by atoms with Crippen LogP contribution < -0.4 is 0 Å². The zero-order valence-corrected chi connectivity index (χ0v) is 17.0. The molecule has 2 aromatic rings. The Morgan fingerprint density at radius 1 is 1.17 bits per heavy atom. The minimum atomic E-state index is -0.0856. The molecule has 1 spiro atoms. The SMILES string of the molecule is C[C@@H](Cn1cccn1)C(=O)N1CCC2(CCC(=O)N(Cc3ccccn3)C2)CC1. The number of piperidine rings is 2. The van der Waals surface area contributed by atoms with Crippen LogP contribution in [-0.2, 0) is 22.7 Å². The average Bonchev–Trinajstić information content (AvgIpc) is 3.25. The van der Waals surface area contributed by atoms with Crippen molar-refractivity contribution in [2.24, 2.45) is 11.3 Å². The number of hydrogen-bond donors (Lipinski definition) is 0. The number of pyridine rings is 1. The lowest BCUT2D eigenvalue weighted by Crippen LogP contribution is -2.52. The van der Waals surface area contributed by atoms with Crippen LogP contribution in [-0.4, -0.2) is 56.0 Å². The van der Waals surface area contributed by atoms with Gasteiger partial charge in [0.15, 0.2) is 0 Å². The maximum absolute atomic E-state index is 12.9. The van der Waals surface area contributed by atoms with Crippen LogP contribution in [0, 0.1) is 11.3 Å². The van der Waals surface area contributed by atoms with Crippen LogP contribution in [0.4, 0.5) is 0 Å². The molecule has 7 heteroatoms. The molecule has 2 aliphatic rings. The van der Waals surface area contributed by atoms with Crippen LogP contribution in [0.15, 0.2) is 42.9 Å². The van der Waals surface area contributed by atoms with Gasteiger partial charge in [-0.1, -0.05) is 13.0 Å². The number of aromatic nitrogens is 3. The first-order chi connectivity index (χ1) is 14.0. The van der Waals surface area contributed by atoms with Crippen molar-refractivity contribution in [3.8, 4) is 0 Å². The largest absolute Gasteiger partial charge is 0.342 e. The minimum Gasteiger partial charge on any atom is -0.342 e. The molecular formula is C22H29N5O2. The van der Waals surface area contributed by atoms with E-state index < -0.39 is 0 Å². The van der Waals surface area contributed by atoms with Crippen LogP contribution in [0.25, 0.3) is 0 Å². The Labute approximate surface area is 171 Å². The van der Waals surface area contributed by atoms with Gasteiger partial charge in [0.2, 0.25) is 11.8 Å². The smallest absolute Gasteiger partial charge is 0.227 e. The molecule has 1 atom stereocenters. The van der Waals surface area contributed by atoms with Crippen LogP contribution in [0.5, 0.6) is 0 Å². The molecular weight excluding hydrogens is 366 g/mol. The van der Waals surface area contributed by atoms with E-state index in [4.69, 9.17) is 0 Å². The summed E-state index contributed by atoms with van der Waals surface area (Å²) >= 11 is 0. The summed E-state index contributed by atoms with van der Waals surface area (Å²) in [4.78, 5) is 33.7. The first kappa shape index (κ1) is 19.6. The summed E-state index contributed by atoms with van der Waals surface area (Å²) in [5.74, 6) is 0.331. The Morgan fingerprint density at radius 2 is 2.00 bits per heavy atom. The predicted molar refractivity (Wildman–Crippen MR) is 109 cm³/mol. The van der Waals surface area contributed by atoms with E-state index in [1.807, 2.05) is 51.9 Å². The highest BCUT2D eigenvalue weighted by molar-refractivity contribution is 5.79. The van der Waals surface area contributed by atoms with Crippen molar-refractivity contribution < 1.29 is 9.59 Å². The van der Waals surface area contributed by atoms with Crippen molar-refractivity contribution in [3.63, 3.8) is 0 Å². The van der Waals surface area contributed by atoms with Gasteiger partial charge in [-0.3, -0.25) is 19.3 Å². The maximum atomic E-state index is 12.9. The number of amides is 2. The molecule has 2 fully saturated rings. The molecule has 0 saturated carbocycles. The molecule has 2 aliphatic heterocycles. The zero-order chi connectivity index (χ0) is 20.3. The van der Waals surface area contributed by atoms with Gasteiger partial charge in [-0.15, -0.1) is 0 Å². The fraction of sp³-hybridized carbons (Fsp3) is 0.545. The van der Waals surface area contributed by atoms with Crippen LogP contribution in [0.3, 0.4) is 0 Å². The molecule has 2 saturated heterocycles. The van der Waals surface area contributed by atoms with Gasteiger partial charge in [0.05, 0.1) is 24.7 Å². The Morgan fingerprint density at radius 3 is 2.69 bits per heavy atom. The van der Waals surface area contributed by atoms with E-state index in [2.05, 4.69) is 10.1 Å². The summed E-state index contributed by atoms with van der Waals surface area (Å²) in [5, 5.41) is 4.21. The highest BCUT2D eigenvalue weighted by Gasteiger charge is 2.42. The summed E-state index contributed by atoms with van der Waals surface area (Å²) in [6, 6.07) is 7.70. The second kappa shape index (κ2) is 8.35. The van der Waals surface area contributed by atoms with Crippen LogP contribution in [0.2, 0.25) is 0 Å². The van der Waals surface area contributed by atoms with Gasteiger partial charge in [0.25, 0.3) is 0 Å². The van der Waals surface area contributed by atoms with E-state index in [1.165, 1.54) is 0 Å². The molecule has 2 aromatic heterocycles. The molecule has 0 radical (unpaired) electrons. The van der Waals surface area contributed by atoms with Gasteiger partial charge in [0.1, 0.15) is 0 Å². The number of nitrogens with zero attached hydrogens (tertiary/aromatic N) is 5. The topological polar surface area (TPSA) is 71.3 Å². The molecule has 0 N–H and O–H groups in total. The lowest BCUT2D eigenvalue weighted by molar-refractivity contribution is -0.144. The first-order valence-corrected chi connectivity index (χ1v) is 10.5. The second-order valence-corrected chi connectivity index (χ2v) is 8.53. The van der Waals surface area contributed by atoms with Crippen LogP contribution in [0.1, 0.15) is 38.3 Å². The number of carbonyl (C=O) groups excluding carboxylic acids is 2. The maximum Gasteiger partial charge on any atom is 0.227 e. The molecule has 7 nitrogen and oxygen atoms in total. The lowest BCUT2D eigenvalue weighted by Gasteiger charge is -2.47. The summed E-state index contributed by atoms with van der Waals surface area (Å²) in [5.41, 5.74) is 1.06. The Balaban J connectivity index is 1.34. The van der Waals surface area contributed by atoms with Crippen molar-refractivity contribution in [1.29, 1.82) is 0 Å². The molecule has 0 unspecified atom stereocenters. The van der Waals surface area contributed by atoms with Gasteiger partial charge < -0.3 is 9.80 Å². The molecule has 4 heterocycles. The monoisotopic (exact) mass is 395 g/mol. The fourth-order valence-corrected chi connectivity index (χ4v) is 4.62. The second-order valence-electron chi connectivity index (χ2n) is 8.53. The van der Waals surface area contributed by atoms with E-state index in [0.717, 1.165) is 44.6 Å². The number of hydrogen-bond acceptors (Lipinski definition) is 4. The van der Waals surface area contributed by atoms with E-state index in [9.17, 15) is 9.59 Å². The number of likely N-dealkylation sites (tertiary alicyclic amines) is 2. The summed E-state index contributed by atoms with van der Waals surface area (Å²) in [6.07, 6.45) is 8.84. The van der Waals surface area contributed by atoms with Crippen molar-refractivity contribution >= 4 is 11.8 Å². The van der Waals surface area contributed by atoms with E-state index in [0.29, 0.717) is 19.5 Å². The van der Waals surface area contributed by atoms with E-state index in [-0.39, 0.29) is 23.1 Å². The number of rotatable bonds is 5. The molecule has 4 rings (SSSR count). The Bertz CT molecular complexity index is 828. The predicted octanol–water partition coefficient (Wildman–Crippen LogP) is 2.35. The molecule has 2 amide bonds. The standard InChI is InChI=1S/C22H29N5O2/c1-18(15-27-12-4-11-24-27)21(29)25-13-8-22(9-14-25)7-6-20(28)26(17-22)16-19-5-2-3-10-23-19/h2-5,10-12,18H,6-9,13-17H2,1H3/t18-/m0/s1. The van der Waals surface area contributed by atoms with E-state index in [1.54, 1.807) is 12.4 Å². The van der Waals surface area contributed by atoms with Crippen molar-refractivity contribution in [2.75, 3.05) is 19.6 Å². The summed E-state index contributed by atoms with van der Waals surface area (Å²) < 4.78 is 1.82. The normalized spacial score (nSPS) is 20.1. The molecule has 0 aliphatic carbocycles. The van der Waals surface area contributed by atoms with Crippen molar-refractivity contribution in [3.05, 3.63) is 48.5 Å². The highest BCUT2D eigenvalue weighted by Crippen LogP contribution is 2.40. The highest BCUT2D eigenvalue weighted by atomic mass is 16.2. The zero-order valence-electron chi connectivity index (χ0n) is 17.0. The lowest BCUT2D eigenvalue weighted by atomic mass is 9.72. The Hall–Kier alpha value is -2.70. The molecule has 0 bridgehead atoms. The van der Waals surface area contributed by atoms with Gasteiger partial charge in [-0.2, -0.15) is 5.10 Å². The Kier molecular flexibility index (Phi) is 5.65. The summed E-state index contributed by atoms with van der Waals surface area (Å²) in [7, 11) is 0. The molecule has 0 aromatic carbocycles. The average molecular weight is 396 g/mol. The van der Waals surface area contributed by atoms with Gasteiger partial charge in [-0.05, 0) is 42.9 Å². The molecule has 154 valence electrons. The third-order valence-electron chi connectivity index (χ3n) is 6.40. The molecule has 29 heavy (non-hydrogen) atoms. The van der Waals surface area contributed by atoms with Gasteiger partial charge in [-0.25, -0.2) is 0 Å². The van der Waals surface area contributed by atoms with Crippen molar-refractivity contribution in [2.45, 2.75) is 45.7 Å². The third kappa shape index (κ3) is 4.49. The van der Waals surface area contributed by atoms with E-state index >= 15 is 0 Å². The summed E-state index contributed by atoms with van der Waals surface area (Å²) in [6.45, 7) is 5.47. The van der Waals surface area contributed by atoms with Gasteiger partial charge >= 0.3 is 0 Å². The van der Waals surface area contributed by atoms with Crippen molar-refractivity contribution in [1.82, 2.24) is 24.6 Å². The van der Waals surface area contributed by atoms with Gasteiger partial charge in [0, 0.05) is 44.6 Å². The fourth-order valence-electron chi connectivity index (χ4n) is 4.62. The van der Waals surface area contributed by atoms with Crippen LogP contribution >= 0.6 is 0 Å². The number of carbonyl (C=O) groups is 2. The minimum absolute atomic E-state index is 0.0856.